The van der Waals surface area contributed by atoms with E-state index >= 15 is 0 Å². The number of nitro groups is 1. The van der Waals surface area contributed by atoms with Gasteiger partial charge in [0.15, 0.2) is 6.33 Å². The van der Waals surface area contributed by atoms with Crippen molar-refractivity contribution in [2.24, 2.45) is 0 Å². The highest BCUT2D eigenvalue weighted by Crippen LogP contribution is 2.08. The second kappa shape index (κ2) is 3.82. The van der Waals surface area contributed by atoms with Crippen molar-refractivity contribution in [3.8, 4) is 0 Å². The topological polar surface area (TPSA) is 70.2 Å². The molecule has 0 aromatic carbocycles. The van der Waals surface area contributed by atoms with Crippen LogP contribution in [0.4, 0.5) is 5.82 Å². The number of aromatic nitrogens is 2. The molecule has 66 valence electrons. The van der Waals surface area contributed by atoms with Gasteiger partial charge in [-0.1, -0.05) is 0 Å². The summed E-state index contributed by atoms with van der Waals surface area (Å²) in [6.07, 6.45) is 2.63. The smallest absolute Gasteiger partial charge is 0.342 e. The van der Waals surface area contributed by atoms with Crippen molar-refractivity contribution in [2.45, 2.75) is 6.54 Å². The highest BCUT2D eigenvalue weighted by Gasteiger charge is 2.11. The Morgan fingerprint density at radius 1 is 1.83 bits per heavy atom. The Kier molecular flexibility index (Phi) is 2.76. The van der Waals surface area contributed by atoms with E-state index in [1.54, 1.807) is 7.11 Å². The molecule has 0 amide bonds. The lowest BCUT2D eigenvalue weighted by molar-refractivity contribution is -0.392. The molecule has 6 heteroatoms. The van der Waals surface area contributed by atoms with Crippen molar-refractivity contribution in [3.05, 3.63) is 22.6 Å². The first kappa shape index (κ1) is 8.66. The van der Waals surface area contributed by atoms with Gasteiger partial charge in [0, 0.05) is 7.11 Å². The van der Waals surface area contributed by atoms with Crippen LogP contribution in [0.1, 0.15) is 0 Å². The standard InChI is InChI=1S/C6H9N3O3/c1-12-3-2-8-5-7-4-6(8)9(10)11/h4-5H,2-3H2,1H3. The fourth-order valence-corrected chi connectivity index (χ4v) is 0.828. The number of rotatable bonds is 4. The van der Waals surface area contributed by atoms with E-state index in [-0.39, 0.29) is 5.82 Å². The van der Waals surface area contributed by atoms with Gasteiger partial charge in [0.2, 0.25) is 0 Å². The molecular formula is C6H9N3O3. The van der Waals surface area contributed by atoms with Crippen LogP contribution < -0.4 is 0 Å². The van der Waals surface area contributed by atoms with Gasteiger partial charge in [-0.3, -0.25) is 0 Å². The Hall–Kier alpha value is -1.43. The fourth-order valence-electron chi connectivity index (χ4n) is 0.828. The molecule has 0 fully saturated rings. The van der Waals surface area contributed by atoms with E-state index < -0.39 is 4.92 Å². The molecule has 1 aromatic rings. The van der Waals surface area contributed by atoms with Gasteiger partial charge in [-0.25, -0.2) is 9.55 Å². The zero-order chi connectivity index (χ0) is 8.97. The fraction of sp³-hybridized carbons (Fsp3) is 0.500. The van der Waals surface area contributed by atoms with Gasteiger partial charge in [0.05, 0.1) is 6.61 Å². The first-order valence-electron chi connectivity index (χ1n) is 3.39. The average molecular weight is 171 g/mol. The summed E-state index contributed by atoms with van der Waals surface area (Å²) in [7, 11) is 1.54. The molecule has 0 atom stereocenters. The van der Waals surface area contributed by atoms with Crippen LogP contribution in [0, 0.1) is 10.1 Å². The van der Waals surface area contributed by atoms with Crippen LogP contribution in [0.2, 0.25) is 0 Å². The van der Waals surface area contributed by atoms with Crippen LogP contribution in [0.5, 0.6) is 0 Å². The zero-order valence-corrected chi connectivity index (χ0v) is 6.64. The van der Waals surface area contributed by atoms with Crippen LogP contribution in [0.15, 0.2) is 12.5 Å². The SMILES string of the molecule is COCCn1cncc1[N+](=O)[O-]. The normalized spacial score (nSPS) is 10.1. The van der Waals surface area contributed by atoms with Crippen molar-refractivity contribution in [1.82, 2.24) is 9.55 Å². The number of nitrogens with zero attached hydrogens (tertiary/aromatic N) is 3. The van der Waals surface area contributed by atoms with Gasteiger partial charge in [-0.05, 0) is 4.92 Å². The van der Waals surface area contributed by atoms with Crippen LogP contribution in [-0.4, -0.2) is 28.2 Å². The van der Waals surface area contributed by atoms with Gasteiger partial charge in [-0.15, -0.1) is 0 Å². The lowest BCUT2D eigenvalue weighted by Gasteiger charge is -1.98. The van der Waals surface area contributed by atoms with E-state index in [0.717, 1.165) is 0 Å². The first-order valence-corrected chi connectivity index (χ1v) is 3.39. The molecule has 0 spiro atoms. The van der Waals surface area contributed by atoms with E-state index in [1.165, 1.54) is 17.1 Å². The third-order valence-corrected chi connectivity index (χ3v) is 1.41. The Morgan fingerprint density at radius 3 is 3.17 bits per heavy atom. The largest absolute Gasteiger partial charge is 0.381 e. The summed E-state index contributed by atoms with van der Waals surface area (Å²) in [6, 6.07) is 0. The molecule has 1 rings (SSSR count). The summed E-state index contributed by atoms with van der Waals surface area (Å²) in [5.74, 6) is -0.00736. The van der Waals surface area contributed by atoms with E-state index in [2.05, 4.69) is 4.98 Å². The molecule has 0 saturated carbocycles. The van der Waals surface area contributed by atoms with E-state index in [4.69, 9.17) is 4.74 Å². The lowest BCUT2D eigenvalue weighted by atomic mass is 10.6. The molecule has 0 N–H and O–H groups in total. The second-order valence-corrected chi connectivity index (χ2v) is 2.20. The summed E-state index contributed by atoms with van der Waals surface area (Å²) in [6.45, 7) is 0.893. The molecule has 0 bridgehead atoms. The molecule has 12 heavy (non-hydrogen) atoms. The maximum absolute atomic E-state index is 10.3. The Morgan fingerprint density at radius 2 is 2.58 bits per heavy atom. The number of methoxy groups -OCH3 is 1. The molecule has 0 aliphatic heterocycles. The summed E-state index contributed by atoms with van der Waals surface area (Å²) >= 11 is 0. The highest BCUT2D eigenvalue weighted by molar-refractivity contribution is 5.14. The van der Waals surface area contributed by atoms with Gasteiger partial charge >= 0.3 is 5.82 Å². The molecule has 1 aromatic heterocycles. The zero-order valence-electron chi connectivity index (χ0n) is 6.64. The monoisotopic (exact) mass is 171 g/mol. The Bertz CT molecular complexity index is 271. The Balaban J connectivity index is 2.70. The molecule has 0 saturated heterocycles. The van der Waals surface area contributed by atoms with Gasteiger partial charge < -0.3 is 14.9 Å². The first-order chi connectivity index (χ1) is 5.75. The predicted octanol–water partition coefficient (Wildman–Crippen LogP) is 0.438. The Labute approximate surface area is 68.9 Å². The van der Waals surface area contributed by atoms with Gasteiger partial charge in [0.25, 0.3) is 0 Å². The maximum Gasteiger partial charge on any atom is 0.342 e. The third-order valence-electron chi connectivity index (χ3n) is 1.41. The van der Waals surface area contributed by atoms with E-state index in [9.17, 15) is 10.1 Å². The van der Waals surface area contributed by atoms with Crippen LogP contribution in [0.25, 0.3) is 0 Å². The minimum atomic E-state index is -0.470. The van der Waals surface area contributed by atoms with E-state index in [1.807, 2.05) is 0 Å². The lowest BCUT2D eigenvalue weighted by Crippen LogP contribution is -2.06. The molecule has 1 heterocycles. The number of imidazole rings is 1. The second-order valence-electron chi connectivity index (χ2n) is 2.20. The number of hydrogen-bond acceptors (Lipinski definition) is 4. The third kappa shape index (κ3) is 1.79. The molecule has 0 aliphatic carbocycles. The minimum Gasteiger partial charge on any atom is -0.381 e. The summed E-state index contributed by atoms with van der Waals surface area (Å²) in [4.78, 5) is 13.5. The molecular weight excluding hydrogens is 162 g/mol. The minimum absolute atomic E-state index is 0.00736. The van der Waals surface area contributed by atoms with Crippen molar-refractivity contribution < 1.29 is 9.66 Å². The van der Waals surface area contributed by atoms with Crippen LogP contribution in [-0.2, 0) is 11.3 Å². The highest BCUT2D eigenvalue weighted by atomic mass is 16.6. The average Bonchev–Trinajstić information content (AvgIpc) is 2.48. The molecule has 0 unspecified atom stereocenters. The summed E-state index contributed by atoms with van der Waals surface area (Å²) in [5, 5.41) is 10.3. The van der Waals surface area contributed by atoms with Crippen molar-refractivity contribution in [3.63, 3.8) is 0 Å². The van der Waals surface area contributed by atoms with Crippen molar-refractivity contribution in [1.29, 1.82) is 0 Å². The maximum atomic E-state index is 10.3. The van der Waals surface area contributed by atoms with Crippen LogP contribution >= 0.6 is 0 Å². The number of ether oxygens (including phenoxy) is 1. The van der Waals surface area contributed by atoms with Gasteiger partial charge in [-0.2, -0.15) is 0 Å². The van der Waals surface area contributed by atoms with E-state index in [0.29, 0.717) is 13.2 Å². The summed E-state index contributed by atoms with van der Waals surface area (Å²) < 4.78 is 6.21. The predicted molar refractivity (Wildman–Crippen MR) is 40.8 cm³/mol. The molecule has 6 nitrogen and oxygen atoms in total. The molecule has 0 aliphatic rings. The quantitative estimate of drug-likeness (QED) is 0.486. The van der Waals surface area contributed by atoms with Crippen LogP contribution in [0.3, 0.4) is 0 Å². The van der Waals surface area contributed by atoms with Gasteiger partial charge in [0.1, 0.15) is 12.7 Å². The summed E-state index contributed by atoms with van der Waals surface area (Å²) in [5.41, 5.74) is 0. The van der Waals surface area contributed by atoms with Crippen molar-refractivity contribution in [2.75, 3.05) is 13.7 Å². The number of hydrogen-bond donors (Lipinski definition) is 0. The molecule has 0 radical (unpaired) electrons. The van der Waals surface area contributed by atoms with Crippen molar-refractivity contribution >= 4 is 5.82 Å².